The van der Waals surface area contributed by atoms with Crippen LogP contribution in [0.15, 0.2) is 35.2 Å². The van der Waals surface area contributed by atoms with E-state index in [4.69, 9.17) is 33.3 Å². The average molecular weight is 519 g/mol. The number of nitrogens with one attached hydrogen (secondary N) is 1. The Hall–Kier alpha value is -2.55. The summed E-state index contributed by atoms with van der Waals surface area (Å²) in [5, 5.41) is 3.11. The van der Waals surface area contributed by atoms with Crippen LogP contribution >= 0.6 is 35.6 Å². The maximum atomic E-state index is 12.7. The summed E-state index contributed by atoms with van der Waals surface area (Å²) >= 11 is 13.1. The molecule has 1 aliphatic heterocycles. The third kappa shape index (κ3) is 6.31. The fourth-order valence-electron chi connectivity index (χ4n) is 3.40. The Bertz CT molecular complexity index is 1150. The number of hydrogen-bond donors (Lipinski definition) is 1. The summed E-state index contributed by atoms with van der Waals surface area (Å²) in [6.45, 7) is 6.37. The molecule has 3 rings (SSSR count). The summed E-state index contributed by atoms with van der Waals surface area (Å²) in [7, 11) is 1.49. The van der Waals surface area contributed by atoms with Crippen LogP contribution in [0, 0.1) is 13.8 Å². The Kier molecular flexibility index (Phi) is 8.99. The molecule has 0 radical (unpaired) electrons. The number of carbonyl (C=O) groups excluding carboxylic acids is 2. The molecule has 0 aliphatic carbocycles. The predicted octanol–water partition coefficient (Wildman–Crippen LogP) is 5.98. The van der Waals surface area contributed by atoms with E-state index in [-0.39, 0.29) is 29.2 Å². The van der Waals surface area contributed by atoms with E-state index in [0.29, 0.717) is 27.1 Å². The number of ether oxygens (including phenoxy) is 2. The highest BCUT2D eigenvalue weighted by molar-refractivity contribution is 8.26. The fraction of sp³-hybridized carbons (Fsp3) is 0.320. The van der Waals surface area contributed by atoms with Gasteiger partial charge in [0, 0.05) is 12.2 Å². The number of amides is 2. The number of anilines is 1. The molecule has 1 N–H and O–H groups in total. The molecule has 180 valence electrons. The molecule has 0 bridgehead atoms. The van der Waals surface area contributed by atoms with E-state index in [1.807, 2.05) is 32.0 Å². The van der Waals surface area contributed by atoms with Crippen LogP contribution in [-0.2, 0) is 9.59 Å². The number of unbranched alkanes of at least 4 members (excludes halogenated alkanes) is 1. The van der Waals surface area contributed by atoms with Crippen molar-refractivity contribution >= 4 is 63.5 Å². The van der Waals surface area contributed by atoms with Crippen molar-refractivity contribution in [3.05, 3.63) is 56.9 Å². The van der Waals surface area contributed by atoms with Gasteiger partial charge in [-0.2, -0.15) is 0 Å². The van der Waals surface area contributed by atoms with Crippen molar-refractivity contribution in [2.24, 2.45) is 0 Å². The van der Waals surface area contributed by atoms with Gasteiger partial charge < -0.3 is 14.8 Å². The summed E-state index contributed by atoms with van der Waals surface area (Å²) in [5.41, 5.74) is 3.48. The van der Waals surface area contributed by atoms with E-state index in [1.165, 1.54) is 18.9 Å². The lowest BCUT2D eigenvalue weighted by atomic mass is 10.1. The summed E-state index contributed by atoms with van der Waals surface area (Å²) in [5.74, 6) is 0.193. The topological polar surface area (TPSA) is 67.9 Å². The number of aryl methyl sites for hydroxylation is 2. The van der Waals surface area contributed by atoms with Crippen LogP contribution in [0.3, 0.4) is 0 Å². The Morgan fingerprint density at radius 3 is 2.71 bits per heavy atom. The molecule has 1 heterocycles. The second-order valence-electron chi connectivity index (χ2n) is 7.88. The van der Waals surface area contributed by atoms with Crippen LogP contribution in [0.2, 0.25) is 5.02 Å². The van der Waals surface area contributed by atoms with Gasteiger partial charge in [-0.3, -0.25) is 14.5 Å². The van der Waals surface area contributed by atoms with Crippen LogP contribution in [0.4, 0.5) is 5.69 Å². The van der Waals surface area contributed by atoms with E-state index in [9.17, 15) is 9.59 Å². The average Bonchev–Trinajstić information content (AvgIpc) is 3.05. The lowest BCUT2D eigenvalue weighted by Gasteiger charge is -2.14. The number of rotatable bonds is 9. The highest BCUT2D eigenvalue weighted by atomic mass is 35.5. The highest BCUT2D eigenvalue weighted by Crippen LogP contribution is 2.39. The number of halogens is 1. The van der Waals surface area contributed by atoms with E-state index in [0.717, 1.165) is 29.7 Å². The summed E-state index contributed by atoms with van der Waals surface area (Å²) in [6, 6.07) is 9.16. The van der Waals surface area contributed by atoms with Gasteiger partial charge in [0.1, 0.15) is 4.32 Å². The van der Waals surface area contributed by atoms with Gasteiger partial charge in [0.2, 0.25) is 0 Å². The third-order valence-electron chi connectivity index (χ3n) is 5.16. The van der Waals surface area contributed by atoms with E-state index >= 15 is 0 Å². The molecule has 34 heavy (non-hydrogen) atoms. The Morgan fingerprint density at radius 2 is 2.03 bits per heavy atom. The first-order valence-electron chi connectivity index (χ1n) is 10.9. The van der Waals surface area contributed by atoms with Crippen molar-refractivity contribution < 1.29 is 19.1 Å². The van der Waals surface area contributed by atoms with Crippen LogP contribution in [0.25, 0.3) is 6.08 Å². The lowest BCUT2D eigenvalue weighted by molar-refractivity contribution is -0.122. The van der Waals surface area contributed by atoms with Gasteiger partial charge in [-0.25, -0.2) is 0 Å². The van der Waals surface area contributed by atoms with Gasteiger partial charge in [-0.05, 0) is 55.7 Å². The lowest BCUT2D eigenvalue weighted by Crippen LogP contribution is -2.28. The van der Waals surface area contributed by atoms with E-state index < -0.39 is 0 Å². The van der Waals surface area contributed by atoms with Crippen molar-refractivity contribution in [1.29, 1.82) is 0 Å². The molecule has 1 saturated heterocycles. The maximum Gasteiger partial charge on any atom is 0.266 e. The minimum absolute atomic E-state index is 0.109. The number of benzene rings is 2. The molecule has 2 aromatic rings. The smallest absolute Gasteiger partial charge is 0.266 e. The molecule has 6 nitrogen and oxygen atoms in total. The normalized spacial score (nSPS) is 14.6. The first kappa shape index (κ1) is 26.1. The number of thioether (sulfide) groups is 1. The Balaban J connectivity index is 1.72. The largest absolute Gasteiger partial charge is 0.493 e. The zero-order valence-electron chi connectivity index (χ0n) is 19.6. The van der Waals surface area contributed by atoms with Crippen LogP contribution in [-0.4, -0.2) is 41.3 Å². The van der Waals surface area contributed by atoms with Crippen LogP contribution < -0.4 is 14.8 Å². The minimum atomic E-state index is -0.315. The second kappa shape index (κ2) is 11.7. The van der Waals surface area contributed by atoms with Crippen molar-refractivity contribution in [3.8, 4) is 11.5 Å². The van der Waals surface area contributed by atoms with Gasteiger partial charge in [0.05, 0.1) is 17.0 Å². The summed E-state index contributed by atoms with van der Waals surface area (Å²) in [6.07, 6.45) is 3.60. The van der Waals surface area contributed by atoms with E-state index in [2.05, 4.69) is 12.2 Å². The van der Waals surface area contributed by atoms with E-state index in [1.54, 1.807) is 23.1 Å². The molecule has 2 aromatic carbocycles. The number of hydrogen-bond acceptors (Lipinski definition) is 6. The second-order valence-corrected chi connectivity index (χ2v) is 9.96. The molecular formula is C25H27ClN2O4S2. The first-order valence-corrected chi connectivity index (χ1v) is 12.5. The maximum absolute atomic E-state index is 12.7. The molecule has 9 heteroatoms. The third-order valence-corrected chi connectivity index (χ3v) is 6.82. The molecular weight excluding hydrogens is 492 g/mol. The SMILES string of the molecule is CCCCN1C(=O)/C(=C/c2cc(Cl)c(OCC(=O)Nc3ccc(C)cc3C)c(OC)c2)SC1=S. The first-order chi connectivity index (χ1) is 16.2. The Labute approximate surface area is 214 Å². The standard InChI is InChI=1S/C25H27ClN2O4S2/c1-5-6-9-28-24(30)21(34-25(28)33)13-17-11-18(26)23(20(12-17)31-4)32-14-22(29)27-19-8-7-15(2)10-16(19)3/h7-8,10-13H,5-6,9,14H2,1-4H3,(H,27,29)/b21-13-. The van der Waals surface area contributed by atoms with Gasteiger partial charge >= 0.3 is 0 Å². The monoisotopic (exact) mass is 518 g/mol. The quantitative estimate of drug-likeness (QED) is 0.325. The summed E-state index contributed by atoms with van der Waals surface area (Å²) in [4.78, 5) is 27.3. The van der Waals surface area contributed by atoms with Crippen LogP contribution in [0.5, 0.6) is 11.5 Å². The van der Waals surface area contributed by atoms with Gasteiger partial charge in [-0.15, -0.1) is 0 Å². The fourth-order valence-corrected chi connectivity index (χ4v) is 4.98. The van der Waals surface area contributed by atoms with Gasteiger partial charge in [0.15, 0.2) is 18.1 Å². The number of carbonyl (C=O) groups is 2. The molecule has 1 fully saturated rings. The van der Waals surface area contributed by atoms with Crippen molar-refractivity contribution in [3.63, 3.8) is 0 Å². The zero-order valence-corrected chi connectivity index (χ0v) is 22.0. The predicted molar refractivity (Wildman–Crippen MR) is 143 cm³/mol. The number of methoxy groups -OCH3 is 1. The molecule has 2 amide bonds. The Morgan fingerprint density at radius 1 is 1.26 bits per heavy atom. The van der Waals surface area contributed by atoms with Crippen LogP contribution in [0.1, 0.15) is 36.5 Å². The molecule has 0 spiro atoms. The number of nitrogens with zero attached hydrogens (tertiary/aromatic N) is 1. The minimum Gasteiger partial charge on any atom is -0.493 e. The zero-order chi connectivity index (χ0) is 24.8. The molecule has 1 aliphatic rings. The highest BCUT2D eigenvalue weighted by Gasteiger charge is 2.31. The van der Waals surface area contributed by atoms with Crippen molar-refractivity contribution in [2.45, 2.75) is 33.6 Å². The summed E-state index contributed by atoms with van der Waals surface area (Å²) < 4.78 is 11.7. The van der Waals surface area contributed by atoms with Crippen molar-refractivity contribution in [1.82, 2.24) is 4.90 Å². The molecule has 0 saturated carbocycles. The molecule has 0 atom stereocenters. The number of thiocarbonyl (C=S) groups is 1. The van der Waals surface area contributed by atoms with Gasteiger partial charge in [-0.1, -0.05) is 66.6 Å². The van der Waals surface area contributed by atoms with Crippen molar-refractivity contribution in [2.75, 3.05) is 25.6 Å². The van der Waals surface area contributed by atoms with Gasteiger partial charge in [0.25, 0.3) is 11.8 Å². The molecule has 0 unspecified atom stereocenters. The molecule has 0 aromatic heterocycles.